The van der Waals surface area contributed by atoms with E-state index in [0.717, 1.165) is 6.42 Å². The van der Waals surface area contributed by atoms with E-state index in [9.17, 15) is 4.79 Å². The molecule has 0 aliphatic carbocycles. The quantitative estimate of drug-likeness (QED) is 0.769. The Morgan fingerprint density at radius 1 is 1.16 bits per heavy atom. The number of ketones is 1. The molecule has 0 amide bonds. The molecule has 98 valence electrons. The summed E-state index contributed by atoms with van der Waals surface area (Å²) in [5.41, 5.74) is 3.04. The zero-order valence-electron chi connectivity index (χ0n) is 11.3. The average molecular weight is 254 g/mol. The van der Waals surface area contributed by atoms with Crippen LogP contribution in [0.2, 0.25) is 0 Å². The number of aromatic nitrogens is 1. The number of carbonyl (C=O) groups is 1. The van der Waals surface area contributed by atoms with Gasteiger partial charge >= 0.3 is 0 Å². The highest BCUT2D eigenvalue weighted by Gasteiger charge is 2.06. The van der Waals surface area contributed by atoms with Gasteiger partial charge in [-0.05, 0) is 36.2 Å². The number of hydrogen-bond donors (Lipinski definition) is 0. The van der Waals surface area contributed by atoms with Crippen LogP contribution in [0.4, 0.5) is 5.69 Å². The van der Waals surface area contributed by atoms with Crippen LogP contribution in [0.1, 0.15) is 22.3 Å². The van der Waals surface area contributed by atoms with Crippen LogP contribution >= 0.6 is 0 Å². The van der Waals surface area contributed by atoms with Gasteiger partial charge in [-0.1, -0.05) is 12.1 Å². The normalized spacial score (nSPS) is 10.2. The van der Waals surface area contributed by atoms with Crippen molar-refractivity contribution >= 4 is 11.5 Å². The van der Waals surface area contributed by atoms with Gasteiger partial charge in [-0.15, -0.1) is 0 Å². The van der Waals surface area contributed by atoms with Crippen LogP contribution in [0, 0.1) is 0 Å². The maximum atomic E-state index is 11.9. The van der Waals surface area contributed by atoms with Gasteiger partial charge in [-0.2, -0.15) is 0 Å². The third-order valence-corrected chi connectivity index (χ3v) is 3.08. The van der Waals surface area contributed by atoms with E-state index in [1.807, 2.05) is 20.2 Å². The molecule has 0 N–H and O–H groups in total. The number of hydrogen-bond acceptors (Lipinski definition) is 3. The molecule has 2 aromatic rings. The number of anilines is 1. The fourth-order valence-corrected chi connectivity index (χ4v) is 1.89. The summed E-state index contributed by atoms with van der Waals surface area (Å²) in [6.07, 6.45) is 4.59. The highest BCUT2D eigenvalue weighted by atomic mass is 16.1. The van der Waals surface area contributed by atoms with E-state index in [1.54, 1.807) is 18.5 Å². The molecule has 3 heteroatoms. The van der Waals surface area contributed by atoms with E-state index in [4.69, 9.17) is 0 Å². The average Bonchev–Trinajstić information content (AvgIpc) is 2.46. The minimum Gasteiger partial charge on any atom is -0.378 e. The SMILES string of the molecule is CN(C)c1ccc(CCC(=O)c2cccnc2)cc1. The Balaban J connectivity index is 1.94. The minimum atomic E-state index is 0.143. The number of benzene rings is 1. The Morgan fingerprint density at radius 3 is 2.47 bits per heavy atom. The lowest BCUT2D eigenvalue weighted by atomic mass is 10.0. The molecule has 1 aromatic heterocycles. The zero-order chi connectivity index (χ0) is 13.7. The van der Waals surface area contributed by atoms with Gasteiger partial charge in [0, 0.05) is 44.2 Å². The molecule has 0 fully saturated rings. The highest BCUT2D eigenvalue weighted by Crippen LogP contribution is 2.14. The molecule has 0 spiro atoms. The Hall–Kier alpha value is -2.16. The van der Waals surface area contributed by atoms with Crippen molar-refractivity contribution in [2.75, 3.05) is 19.0 Å². The monoisotopic (exact) mass is 254 g/mol. The first kappa shape index (κ1) is 13.3. The van der Waals surface area contributed by atoms with Crippen LogP contribution < -0.4 is 4.90 Å². The van der Waals surface area contributed by atoms with Gasteiger partial charge in [-0.25, -0.2) is 0 Å². The van der Waals surface area contributed by atoms with Crippen molar-refractivity contribution in [3.63, 3.8) is 0 Å². The van der Waals surface area contributed by atoms with Crippen molar-refractivity contribution in [3.05, 3.63) is 59.9 Å². The van der Waals surface area contributed by atoms with Crippen molar-refractivity contribution in [1.29, 1.82) is 0 Å². The second-order valence-corrected chi connectivity index (χ2v) is 4.73. The Bertz CT molecular complexity index is 532. The molecule has 0 atom stereocenters. The fraction of sp³-hybridized carbons (Fsp3) is 0.250. The van der Waals surface area contributed by atoms with Gasteiger partial charge in [0.05, 0.1) is 0 Å². The van der Waals surface area contributed by atoms with Crippen LogP contribution in [0.25, 0.3) is 0 Å². The van der Waals surface area contributed by atoms with E-state index < -0.39 is 0 Å². The van der Waals surface area contributed by atoms with Gasteiger partial charge < -0.3 is 4.90 Å². The second kappa shape index (κ2) is 6.14. The standard InChI is InChI=1S/C16H18N2O/c1-18(2)15-8-5-13(6-9-15)7-10-16(19)14-4-3-11-17-12-14/h3-6,8-9,11-12H,7,10H2,1-2H3. The molecule has 0 bridgehead atoms. The van der Waals surface area contributed by atoms with Crippen LogP contribution in [-0.4, -0.2) is 24.9 Å². The Morgan fingerprint density at radius 2 is 1.89 bits per heavy atom. The van der Waals surface area contributed by atoms with Gasteiger partial charge in [0.2, 0.25) is 0 Å². The summed E-state index contributed by atoms with van der Waals surface area (Å²) in [7, 11) is 4.03. The van der Waals surface area contributed by atoms with Crippen molar-refractivity contribution < 1.29 is 4.79 Å². The second-order valence-electron chi connectivity index (χ2n) is 4.73. The van der Waals surface area contributed by atoms with Gasteiger partial charge in [0.1, 0.15) is 0 Å². The number of aryl methyl sites for hydroxylation is 1. The van der Waals surface area contributed by atoms with Crippen LogP contribution in [0.15, 0.2) is 48.8 Å². The third kappa shape index (κ3) is 3.65. The summed E-state index contributed by atoms with van der Waals surface area (Å²) in [5, 5.41) is 0. The van der Waals surface area contributed by atoms with Crippen LogP contribution in [-0.2, 0) is 6.42 Å². The van der Waals surface area contributed by atoms with E-state index in [2.05, 4.69) is 34.1 Å². The number of rotatable bonds is 5. The van der Waals surface area contributed by atoms with Gasteiger partial charge in [0.15, 0.2) is 5.78 Å². The molecule has 0 saturated heterocycles. The van der Waals surface area contributed by atoms with E-state index >= 15 is 0 Å². The first-order valence-electron chi connectivity index (χ1n) is 6.36. The van der Waals surface area contributed by atoms with E-state index in [-0.39, 0.29) is 5.78 Å². The molecular weight excluding hydrogens is 236 g/mol. The molecule has 19 heavy (non-hydrogen) atoms. The summed E-state index contributed by atoms with van der Waals surface area (Å²) in [4.78, 5) is 18.0. The third-order valence-electron chi connectivity index (χ3n) is 3.08. The lowest BCUT2D eigenvalue weighted by Crippen LogP contribution is -2.08. The minimum absolute atomic E-state index is 0.143. The summed E-state index contributed by atoms with van der Waals surface area (Å²) in [6, 6.07) is 11.9. The van der Waals surface area contributed by atoms with Crippen molar-refractivity contribution in [1.82, 2.24) is 4.98 Å². The predicted octanol–water partition coefficient (Wildman–Crippen LogP) is 2.96. The number of Topliss-reactive ketones (excluding diaryl/α,β-unsaturated/α-hetero) is 1. The first-order chi connectivity index (χ1) is 9.16. The molecule has 3 nitrogen and oxygen atoms in total. The maximum Gasteiger partial charge on any atom is 0.164 e. The Labute approximate surface area is 113 Å². The molecule has 1 heterocycles. The summed E-state index contributed by atoms with van der Waals surface area (Å²) in [6.45, 7) is 0. The molecule has 0 aliphatic rings. The van der Waals surface area contributed by atoms with Gasteiger partial charge in [0.25, 0.3) is 0 Å². The highest BCUT2D eigenvalue weighted by molar-refractivity contribution is 5.95. The molecular formula is C16H18N2O. The first-order valence-corrected chi connectivity index (χ1v) is 6.36. The summed E-state index contributed by atoms with van der Waals surface area (Å²) in [5.74, 6) is 0.143. The van der Waals surface area contributed by atoms with Crippen molar-refractivity contribution in [3.8, 4) is 0 Å². The number of carbonyl (C=O) groups excluding carboxylic acids is 1. The lowest BCUT2D eigenvalue weighted by Gasteiger charge is -2.12. The maximum absolute atomic E-state index is 11.9. The van der Waals surface area contributed by atoms with Crippen LogP contribution in [0.3, 0.4) is 0 Å². The lowest BCUT2D eigenvalue weighted by molar-refractivity contribution is 0.0982. The topological polar surface area (TPSA) is 33.2 Å². The zero-order valence-corrected chi connectivity index (χ0v) is 11.3. The molecule has 0 radical (unpaired) electrons. The van der Waals surface area contributed by atoms with E-state index in [1.165, 1.54) is 11.3 Å². The molecule has 1 aromatic carbocycles. The van der Waals surface area contributed by atoms with Crippen molar-refractivity contribution in [2.24, 2.45) is 0 Å². The fourth-order valence-electron chi connectivity index (χ4n) is 1.89. The smallest absolute Gasteiger partial charge is 0.164 e. The largest absolute Gasteiger partial charge is 0.378 e. The number of pyridine rings is 1. The number of nitrogens with zero attached hydrogens (tertiary/aromatic N) is 2. The Kier molecular flexibility index (Phi) is 4.29. The molecule has 2 rings (SSSR count). The van der Waals surface area contributed by atoms with Crippen LogP contribution in [0.5, 0.6) is 0 Å². The van der Waals surface area contributed by atoms with Crippen molar-refractivity contribution in [2.45, 2.75) is 12.8 Å². The van der Waals surface area contributed by atoms with E-state index in [0.29, 0.717) is 12.0 Å². The summed E-state index contributed by atoms with van der Waals surface area (Å²) >= 11 is 0. The van der Waals surface area contributed by atoms with Gasteiger partial charge in [-0.3, -0.25) is 9.78 Å². The molecule has 0 saturated carbocycles. The summed E-state index contributed by atoms with van der Waals surface area (Å²) < 4.78 is 0. The molecule has 0 unspecified atom stereocenters. The predicted molar refractivity (Wildman–Crippen MR) is 77.7 cm³/mol. The molecule has 0 aliphatic heterocycles.